The molecule has 4 N–H and O–H groups in total. The van der Waals surface area contributed by atoms with Crippen molar-refractivity contribution in [3.63, 3.8) is 0 Å². The number of aryl methyl sites for hydroxylation is 1. The molecule has 8 nitrogen and oxygen atoms in total. The Morgan fingerprint density at radius 2 is 2.04 bits per heavy atom. The summed E-state index contributed by atoms with van der Waals surface area (Å²) in [5, 5.41) is 4.90. The predicted octanol–water partition coefficient (Wildman–Crippen LogP) is 0.546. The lowest BCUT2D eigenvalue weighted by molar-refractivity contribution is -0.120. The van der Waals surface area contributed by atoms with Crippen LogP contribution in [-0.4, -0.2) is 27.1 Å². The Balaban J connectivity index is 1.70. The molecule has 0 atom stereocenters. The highest BCUT2D eigenvalue weighted by Gasteiger charge is 2.10. The molecule has 0 spiro atoms. The number of nitrogens with one attached hydrogen (secondary N) is 4. The Morgan fingerprint density at radius 3 is 2.83 bits per heavy atom. The van der Waals surface area contributed by atoms with Crippen molar-refractivity contribution in [2.75, 3.05) is 0 Å². The fourth-order valence-electron chi connectivity index (χ4n) is 2.41. The maximum Gasteiger partial charge on any atom is 0.325 e. The molecule has 1 aromatic carbocycles. The first-order chi connectivity index (χ1) is 11.5. The van der Waals surface area contributed by atoms with E-state index in [9.17, 15) is 14.4 Å². The van der Waals surface area contributed by atoms with Crippen LogP contribution in [0, 0.1) is 6.92 Å². The lowest BCUT2D eigenvalue weighted by Crippen LogP contribution is -2.30. The summed E-state index contributed by atoms with van der Waals surface area (Å²) in [6.07, 6.45) is 3.14. The number of aromatic amines is 3. The molecule has 0 saturated carbocycles. The fourth-order valence-corrected chi connectivity index (χ4v) is 2.41. The number of aromatic nitrogens is 3. The minimum absolute atomic E-state index is 0.177. The van der Waals surface area contributed by atoms with Crippen molar-refractivity contribution in [2.45, 2.75) is 13.3 Å². The van der Waals surface area contributed by atoms with E-state index in [2.05, 4.69) is 25.5 Å². The summed E-state index contributed by atoms with van der Waals surface area (Å²) in [6.45, 7) is 1.56. The van der Waals surface area contributed by atoms with Gasteiger partial charge in [-0.05, 0) is 13.0 Å². The number of amides is 1. The number of hydrogen-bond acceptors (Lipinski definition) is 4. The van der Waals surface area contributed by atoms with Crippen LogP contribution in [0.25, 0.3) is 10.9 Å². The number of rotatable bonds is 4. The molecule has 0 aliphatic carbocycles. The van der Waals surface area contributed by atoms with Gasteiger partial charge in [-0.2, -0.15) is 5.10 Å². The van der Waals surface area contributed by atoms with Crippen molar-refractivity contribution in [2.24, 2.45) is 5.10 Å². The number of hydrogen-bond donors (Lipinski definition) is 4. The first-order valence-corrected chi connectivity index (χ1v) is 7.24. The minimum Gasteiger partial charge on any atom is -0.361 e. The molecule has 0 aliphatic heterocycles. The van der Waals surface area contributed by atoms with Crippen LogP contribution in [0.2, 0.25) is 0 Å². The molecule has 0 aliphatic rings. The first-order valence-electron chi connectivity index (χ1n) is 7.24. The van der Waals surface area contributed by atoms with Crippen molar-refractivity contribution in [3.8, 4) is 0 Å². The standard InChI is InChI=1S/C16H15N5O3/c1-9-12(15(23)20-16(24)19-9)6-14(22)21-18-8-10-7-17-13-5-3-2-4-11(10)13/h2-5,7-8,17H,6H2,1H3,(H,21,22)(H2,19,20,23,24)/b18-8-. The third-order valence-corrected chi connectivity index (χ3v) is 3.61. The zero-order valence-electron chi connectivity index (χ0n) is 12.8. The van der Waals surface area contributed by atoms with E-state index in [0.717, 1.165) is 16.5 Å². The quantitative estimate of drug-likeness (QED) is 0.413. The molecule has 0 radical (unpaired) electrons. The van der Waals surface area contributed by atoms with Crippen molar-refractivity contribution in [1.29, 1.82) is 0 Å². The van der Waals surface area contributed by atoms with E-state index in [1.165, 1.54) is 6.21 Å². The van der Waals surface area contributed by atoms with Gasteiger partial charge in [0.1, 0.15) is 0 Å². The number of carbonyl (C=O) groups excluding carboxylic acids is 1. The van der Waals surface area contributed by atoms with Crippen LogP contribution in [0.5, 0.6) is 0 Å². The van der Waals surface area contributed by atoms with Gasteiger partial charge in [0.05, 0.1) is 12.6 Å². The van der Waals surface area contributed by atoms with Crippen LogP contribution in [0.15, 0.2) is 45.2 Å². The number of fused-ring (bicyclic) bond motifs is 1. The Morgan fingerprint density at radius 1 is 1.25 bits per heavy atom. The molecule has 0 unspecified atom stereocenters. The van der Waals surface area contributed by atoms with Gasteiger partial charge in [-0.25, -0.2) is 10.2 Å². The summed E-state index contributed by atoms with van der Waals surface area (Å²) >= 11 is 0. The van der Waals surface area contributed by atoms with Crippen molar-refractivity contribution >= 4 is 23.0 Å². The van der Waals surface area contributed by atoms with Gasteiger partial charge in [0.2, 0.25) is 5.91 Å². The average molecular weight is 325 g/mol. The van der Waals surface area contributed by atoms with Crippen molar-refractivity contribution in [1.82, 2.24) is 20.4 Å². The zero-order chi connectivity index (χ0) is 17.1. The van der Waals surface area contributed by atoms with Crippen molar-refractivity contribution in [3.05, 3.63) is 68.1 Å². The Kier molecular flexibility index (Phi) is 4.11. The van der Waals surface area contributed by atoms with Gasteiger partial charge in [0.25, 0.3) is 5.56 Å². The molecule has 0 saturated heterocycles. The van der Waals surface area contributed by atoms with E-state index in [0.29, 0.717) is 5.69 Å². The summed E-state index contributed by atoms with van der Waals surface area (Å²) < 4.78 is 0. The van der Waals surface area contributed by atoms with Gasteiger partial charge in [-0.1, -0.05) is 18.2 Å². The molecule has 3 aromatic rings. The van der Waals surface area contributed by atoms with Crippen LogP contribution in [0.3, 0.4) is 0 Å². The predicted molar refractivity (Wildman–Crippen MR) is 90.2 cm³/mol. The summed E-state index contributed by atoms with van der Waals surface area (Å²) in [5.74, 6) is -0.452. The number of nitrogens with zero attached hydrogens (tertiary/aromatic N) is 1. The maximum absolute atomic E-state index is 11.9. The monoisotopic (exact) mass is 325 g/mol. The van der Waals surface area contributed by atoms with E-state index in [4.69, 9.17) is 0 Å². The highest BCUT2D eigenvalue weighted by Crippen LogP contribution is 2.15. The van der Waals surface area contributed by atoms with E-state index in [1.54, 1.807) is 13.1 Å². The molecule has 3 rings (SSSR count). The van der Waals surface area contributed by atoms with Crippen LogP contribution in [0.1, 0.15) is 16.8 Å². The topological polar surface area (TPSA) is 123 Å². The lowest BCUT2D eigenvalue weighted by atomic mass is 10.1. The van der Waals surface area contributed by atoms with E-state index >= 15 is 0 Å². The normalized spacial score (nSPS) is 11.2. The number of hydrazone groups is 1. The molecular formula is C16H15N5O3. The molecule has 24 heavy (non-hydrogen) atoms. The molecule has 8 heteroatoms. The lowest BCUT2D eigenvalue weighted by Gasteiger charge is -2.02. The molecule has 0 bridgehead atoms. The second-order valence-electron chi connectivity index (χ2n) is 5.27. The third-order valence-electron chi connectivity index (χ3n) is 3.61. The number of benzene rings is 1. The van der Waals surface area contributed by atoms with Crippen LogP contribution in [-0.2, 0) is 11.2 Å². The Hall–Kier alpha value is -3.42. The molecule has 122 valence electrons. The number of H-pyrrole nitrogens is 3. The highest BCUT2D eigenvalue weighted by molar-refractivity contribution is 5.99. The van der Waals surface area contributed by atoms with Crippen molar-refractivity contribution < 1.29 is 4.79 Å². The Bertz CT molecular complexity index is 1040. The molecule has 2 heterocycles. The Labute approximate surface area is 135 Å². The fraction of sp³-hybridized carbons (Fsp3) is 0.125. The molecule has 1 amide bonds. The van der Waals surface area contributed by atoms with Gasteiger partial charge in [-0.15, -0.1) is 0 Å². The van der Waals surface area contributed by atoms with E-state index in [-0.39, 0.29) is 12.0 Å². The van der Waals surface area contributed by atoms with Gasteiger partial charge >= 0.3 is 5.69 Å². The molecule has 2 aromatic heterocycles. The maximum atomic E-state index is 11.9. The average Bonchev–Trinajstić information content (AvgIpc) is 2.94. The molecular weight excluding hydrogens is 310 g/mol. The summed E-state index contributed by atoms with van der Waals surface area (Å²) in [4.78, 5) is 42.4. The number of para-hydroxylation sites is 1. The second kappa shape index (κ2) is 6.37. The third kappa shape index (κ3) is 3.17. The van der Waals surface area contributed by atoms with Crippen LogP contribution in [0.4, 0.5) is 0 Å². The number of carbonyl (C=O) groups is 1. The van der Waals surface area contributed by atoms with Gasteiger partial charge in [0.15, 0.2) is 0 Å². The molecule has 0 fully saturated rings. The van der Waals surface area contributed by atoms with Gasteiger partial charge in [-0.3, -0.25) is 14.6 Å². The zero-order valence-corrected chi connectivity index (χ0v) is 12.8. The summed E-state index contributed by atoms with van der Waals surface area (Å²) in [5.41, 5.74) is 3.57. The first kappa shape index (κ1) is 15.5. The summed E-state index contributed by atoms with van der Waals surface area (Å²) in [7, 11) is 0. The van der Waals surface area contributed by atoms with E-state index in [1.807, 2.05) is 24.3 Å². The van der Waals surface area contributed by atoms with Gasteiger partial charge < -0.3 is 9.97 Å². The minimum atomic E-state index is -0.598. The highest BCUT2D eigenvalue weighted by atomic mass is 16.2. The van der Waals surface area contributed by atoms with E-state index < -0.39 is 17.2 Å². The SMILES string of the molecule is Cc1[nH]c(=O)[nH]c(=O)c1CC(=O)N/N=C\c1c[nH]c2ccccc12. The smallest absolute Gasteiger partial charge is 0.325 e. The summed E-state index contributed by atoms with van der Waals surface area (Å²) in [6, 6.07) is 7.72. The second-order valence-corrected chi connectivity index (χ2v) is 5.27. The van der Waals surface area contributed by atoms with Crippen LogP contribution < -0.4 is 16.7 Å². The van der Waals surface area contributed by atoms with Crippen LogP contribution >= 0.6 is 0 Å². The largest absolute Gasteiger partial charge is 0.361 e. The van der Waals surface area contributed by atoms with Gasteiger partial charge in [0, 0.05) is 33.9 Å².